The number of halogens is 1. The first-order valence-electron chi connectivity index (χ1n) is 11.4. The predicted octanol–water partition coefficient (Wildman–Crippen LogP) is 3.83. The minimum atomic E-state index is -0.376. The Bertz CT molecular complexity index is 1380. The van der Waals surface area contributed by atoms with Crippen molar-refractivity contribution in [3.05, 3.63) is 40.1 Å². The molecule has 35 heavy (non-hydrogen) atoms. The fourth-order valence-electron chi connectivity index (χ4n) is 4.45. The molecule has 3 heterocycles. The predicted molar refractivity (Wildman–Crippen MR) is 139 cm³/mol. The minimum Gasteiger partial charge on any atom is -0.359 e. The fourth-order valence-corrected chi connectivity index (χ4v) is 5.69. The van der Waals surface area contributed by atoms with Crippen LogP contribution in [-0.4, -0.2) is 48.9 Å². The van der Waals surface area contributed by atoms with Crippen molar-refractivity contribution in [2.24, 2.45) is 11.1 Å². The number of nitrogens with zero attached hydrogens (tertiary/aromatic N) is 6. The maximum Gasteiger partial charge on any atom is 0.225 e. The average Bonchev–Trinajstić information content (AvgIpc) is 3.57. The van der Waals surface area contributed by atoms with Crippen LogP contribution in [0.3, 0.4) is 0 Å². The molecule has 12 heteroatoms. The standard InChI is InChI=1S/C23H26BrN9OS/c1-12(25)19-30-31-20(35-19)13-4-6-15(7-5-13)33-18-16(17(24)32-33)11-27-22(29-18)28-14-8-9-23(2,10-14)21(34)26-3/h4-7,11-12,14H,8-10,25H2,1-3H3,(H,26,34)(H,27,28,29)/t12?,14-,23-/m1/s1. The monoisotopic (exact) mass is 555 g/mol. The lowest BCUT2D eigenvalue weighted by molar-refractivity contribution is -0.129. The van der Waals surface area contributed by atoms with E-state index in [1.165, 1.54) is 11.3 Å². The molecule has 1 aliphatic rings. The maximum atomic E-state index is 12.3. The van der Waals surface area contributed by atoms with Crippen LogP contribution in [0.2, 0.25) is 0 Å². The molecular formula is C23H26BrN9OS. The van der Waals surface area contributed by atoms with Gasteiger partial charge < -0.3 is 16.4 Å². The van der Waals surface area contributed by atoms with Gasteiger partial charge >= 0.3 is 0 Å². The molecule has 0 aliphatic heterocycles. The van der Waals surface area contributed by atoms with Crippen molar-refractivity contribution in [3.63, 3.8) is 0 Å². The Kier molecular flexibility index (Phi) is 6.28. The SMILES string of the molecule is CNC(=O)[C@]1(C)CC[C@@H](Nc2ncc3c(Br)nn(-c4ccc(-c5nnc(C(C)N)s5)cc4)c3n2)C1. The molecule has 0 saturated heterocycles. The zero-order valence-electron chi connectivity index (χ0n) is 19.6. The topological polar surface area (TPSA) is 137 Å². The van der Waals surface area contributed by atoms with Crippen LogP contribution >= 0.6 is 27.3 Å². The summed E-state index contributed by atoms with van der Waals surface area (Å²) in [6, 6.07) is 7.91. The normalized spacial score (nSPS) is 20.8. The smallest absolute Gasteiger partial charge is 0.225 e. The number of amides is 1. The van der Waals surface area contributed by atoms with Crippen molar-refractivity contribution in [1.82, 2.24) is 35.3 Å². The number of fused-ring (bicyclic) bond motifs is 1. The van der Waals surface area contributed by atoms with Gasteiger partial charge in [-0.2, -0.15) is 10.1 Å². The summed E-state index contributed by atoms with van der Waals surface area (Å²) in [5.41, 5.74) is 8.05. The molecule has 4 aromatic rings. The summed E-state index contributed by atoms with van der Waals surface area (Å²) in [5.74, 6) is 0.595. The third-order valence-corrected chi connectivity index (χ3v) is 8.18. The first-order chi connectivity index (χ1) is 16.8. The number of nitrogens with two attached hydrogens (primary N) is 1. The summed E-state index contributed by atoms with van der Waals surface area (Å²) in [5, 5.41) is 21.7. The van der Waals surface area contributed by atoms with Crippen LogP contribution in [0.5, 0.6) is 0 Å². The molecule has 10 nitrogen and oxygen atoms in total. The average molecular weight is 556 g/mol. The van der Waals surface area contributed by atoms with Crippen LogP contribution in [0.15, 0.2) is 35.1 Å². The molecule has 1 aliphatic carbocycles. The molecule has 0 bridgehead atoms. The number of aromatic nitrogens is 6. The lowest BCUT2D eigenvalue weighted by atomic mass is 9.87. The molecular weight excluding hydrogens is 530 g/mol. The summed E-state index contributed by atoms with van der Waals surface area (Å²) in [7, 11) is 1.68. The van der Waals surface area contributed by atoms with Gasteiger partial charge in [-0.1, -0.05) is 18.3 Å². The van der Waals surface area contributed by atoms with Crippen LogP contribution in [0, 0.1) is 5.41 Å². The van der Waals surface area contributed by atoms with E-state index in [0.29, 0.717) is 16.2 Å². The van der Waals surface area contributed by atoms with Gasteiger partial charge in [-0.15, -0.1) is 10.2 Å². The Morgan fingerprint density at radius 1 is 1.31 bits per heavy atom. The third kappa shape index (κ3) is 4.53. The largest absolute Gasteiger partial charge is 0.359 e. The molecule has 1 fully saturated rings. The Morgan fingerprint density at radius 2 is 2.09 bits per heavy atom. The summed E-state index contributed by atoms with van der Waals surface area (Å²) in [4.78, 5) is 21.5. The number of anilines is 1. The second-order valence-corrected chi connectivity index (χ2v) is 10.9. The van der Waals surface area contributed by atoms with Crippen molar-refractivity contribution in [2.75, 3.05) is 12.4 Å². The molecule has 0 radical (unpaired) electrons. The first kappa shape index (κ1) is 23.8. The number of hydrogen-bond acceptors (Lipinski definition) is 9. The zero-order chi connectivity index (χ0) is 24.7. The molecule has 3 aromatic heterocycles. The van der Waals surface area contributed by atoms with Crippen molar-refractivity contribution < 1.29 is 4.79 Å². The van der Waals surface area contributed by atoms with Crippen molar-refractivity contribution in [2.45, 2.75) is 45.2 Å². The van der Waals surface area contributed by atoms with Gasteiger partial charge in [-0.25, -0.2) is 9.67 Å². The van der Waals surface area contributed by atoms with Crippen LogP contribution < -0.4 is 16.4 Å². The van der Waals surface area contributed by atoms with Gasteiger partial charge in [0.1, 0.15) is 14.6 Å². The quantitative estimate of drug-likeness (QED) is 0.326. The number of hydrogen-bond donors (Lipinski definition) is 3. The van der Waals surface area contributed by atoms with E-state index in [1.807, 2.05) is 38.1 Å². The second-order valence-electron chi connectivity index (χ2n) is 9.14. The van der Waals surface area contributed by atoms with E-state index in [-0.39, 0.29) is 23.4 Å². The fraction of sp³-hybridized carbons (Fsp3) is 0.391. The van der Waals surface area contributed by atoms with Gasteiger partial charge in [0.2, 0.25) is 11.9 Å². The number of carbonyl (C=O) groups excluding carboxylic acids is 1. The Morgan fingerprint density at radius 3 is 2.77 bits per heavy atom. The lowest BCUT2D eigenvalue weighted by Gasteiger charge is -2.22. The summed E-state index contributed by atoms with van der Waals surface area (Å²) < 4.78 is 2.45. The Labute approximate surface area is 214 Å². The van der Waals surface area contributed by atoms with Crippen molar-refractivity contribution in [3.8, 4) is 16.3 Å². The van der Waals surface area contributed by atoms with E-state index in [0.717, 1.165) is 45.9 Å². The number of nitrogens with one attached hydrogen (secondary N) is 2. The summed E-state index contributed by atoms with van der Waals surface area (Å²) in [6.07, 6.45) is 4.19. The van der Waals surface area contributed by atoms with Gasteiger partial charge in [-0.05, 0) is 66.4 Å². The van der Waals surface area contributed by atoms with Gasteiger partial charge in [0.15, 0.2) is 5.65 Å². The minimum absolute atomic E-state index is 0.0749. The van der Waals surface area contributed by atoms with E-state index in [4.69, 9.17) is 10.7 Å². The molecule has 3 atom stereocenters. The van der Waals surface area contributed by atoms with Crippen LogP contribution in [-0.2, 0) is 4.79 Å². The molecule has 1 saturated carbocycles. The van der Waals surface area contributed by atoms with E-state index < -0.39 is 0 Å². The summed E-state index contributed by atoms with van der Waals surface area (Å²) >= 11 is 5.02. The summed E-state index contributed by atoms with van der Waals surface area (Å²) in [6.45, 7) is 3.90. The highest BCUT2D eigenvalue weighted by Gasteiger charge is 2.41. The number of carbonyl (C=O) groups is 1. The van der Waals surface area contributed by atoms with Crippen LogP contribution in [0.1, 0.15) is 44.2 Å². The maximum absolute atomic E-state index is 12.3. The van der Waals surface area contributed by atoms with E-state index in [1.54, 1.807) is 17.9 Å². The highest BCUT2D eigenvalue weighted by Crippen LogP contribution is 2.39. The Balaban J connectivity index is 1.40. The van der Waals surface area contributed by atoms with E-state index in [9.17, 15) is 4.79 Å². The lowest BCUT2D eigenvalue weighted by Crippen LogP contribution is -2.35. The molecule has 182 valence electrons. The highest BCUT2D eigenvalue weighted by atomic mass is 79.9. The van der Waals surface area contributed by atoms with Gasteiger partial charge in [-0.3, -0.25) is 4.79 Å². The molecule has 1 unspecified atom stereocenters. The molecule has 1 amide bonds. The molecule has 5 rings (SSSR count). The Hall–Kier alpha value is -2.96. The van der Waals surface area contributed by atoms with Gasteiger partial charge in [0, 0.05) is 30.3 Å². The third-order valence-electron chi connectivity index (χ3n) is 6.42. The second kappa shape index (κ2) is 9.25. The zero-order valence-corrected chi connectivity index (χ0v) is 22.0. The molecule has 1 aromatic carbocycles. The van der Waals surface area contributed by atoms with E-state index in [2.05, 4.69) is 46.8 Å². The van der Waals surface area contributed by atoms with E-state index >= 15 is 0 Å². The van der Waals surface area contributed by atoms with Crippen molar-refractivity contribution >= 4 is 50.2 Å². The number of rotatable bonds is 6. The van der Waals surface area contributed by atoms with Crippen molar-refractivity contribution in [1.29, 1.82) is 0 Å². The van der Waals surface area contributed by atoms with Gasteiger partial charge in [0.05, 0.1) is 17.1 Å². The van der Waals surface area contributed by atoms with Crippen LogP contribution in [0.25, 0.3) is 27.3 Å². The molecule has 0 spiro atoms. The number of benzene rings is 1. The first-order valence-corrected chi connectivity index (χ1v) is 13.0. The van der Waals surface area contributed by atoms with Gasteiger partial charge in [0.25, 0.3) is 0 Å². The highest BCUT2D eigenvalue weighted by molar-refractivity contribution is 9.10. The molecule has 4 N–H and O–H groups in total. The van der Waals surface area contributed by atoms with Crippen LogP contribution in [0.4, 0.5) is 5.95 Å².